The van der Waals surface area contributed by atoms with Gasteiger partial charge < -0.3 is 0 Å². The standard InChI is InChI=1S/C5H3F3N2O/c6-5(7,8)1-3-2-9-10-4(3)11/h2H,1H2. The van der Waals surface area contributed by atoms with Crippen molar-refractivity contribution in [3.8, 4) is 0 Å². The van der Waals surface area contributed by atoms with E-state index in [9.17, 15) is 18.0 Å². The van der Waals surface area contributed by atoms with Crippen LogP contribution in [0.25, 0.3) is 0 Å². The molecule has 0 aromatic heterocycles. The highest BCUT2D eigenvalue weighted by Gasteiger charge is 2.32. The van der Waals surface area contributed by atoms with Crippen molar-refractivity contribution in [1.82, 2.24) is 0 Å². The molecule has 1 rings (SSSR count). The van der Waals surface area contributed by atoms with Gasteiger partial charge in [0.1, 0.15) is 0 Å². The topological polar surface area (TPSA) is 41.8 Å². The molecular weight excluding hydrogens is 161 g/mol. The molecule has 0 radical (unpaired) electrons. The fourth-order valence-electron chi connectivity index (χ4n) is 0.608. The average Bonchev–Trinajstić information content (AvgIpc) is 2.12. The molecule has 1 heterocycles. The maximum atomic E-state index is 11.6. The lowest BCUT2D eigenvalue weighted by molar-refractivity contribution is -0.133. The third kappa shape index (κ3) is 2.14. The summed E-state index contributed by atoms with van der Waals surface area (Å²) in [6.45, 7) is 0. The summed E-state index contributed by atoms with van der Waals surface area (Å²) in [5, 5.41) is 5.94. The minimum atomic E-state index is -4.36. The van der Waals surface area contributed by atoms with Crippen LogP contribution in [0.1, 0.15) is 6.42 Å². The van der Waals surface area contributed by atoms with Gasteiger partial charge in [0.05, 0.1) is 12.6 Å². The number of hydrogen-bond acceptors (Lipinski definition) is 2. The second kappa shape index (κ2) is 2.44. The Bertz CT molecular complexity index is 241. The van der Waals surface area contributed by atoms with Crippen molar-refractivity contribution in [2.45, 2.75) is 12.6 Å². The van der Waals surface area contributed by atoms with Gasteiger partial charge in [-0.25, -0.2) is 0 Å². The van der Waals surface area contributed by atoms with Crippen LogP contribution in [0.2, 0.25) is 0 Å². The molecule has 0 spiro atoms. The minimum absolute atomic E-state index is 0.405. The van der Waals surface area contributed by atoms with Crippen molar-refractivity contribution in [2.24, 2.45) is 10.2 Å². The normalized spacial score (nSPS) is 17.4. The molecule has 0 fully saturated rings. The van der Waals surface area contributed by atoms with Crippen LogP contribution in [0.15, 0.2) is 22.0 Å². The van der Waals surface area contributed by atoms with Crippen LogP contribution in [-0.4, -0.2) is 12.1 Å². The summed E-state index contributed by atoms with van der Waals surface area (Å²) in [6.07, 6.45) is -4.79. The van der Waals surface area contributed by atoms with Gasteiger partial charge in [-0.15, -0.1) is 5.11 Å². The monoisotopic (exact) mass is 164 g/mol. The number of amides is 1. The van der Waals surface area contributed by atoms with Gasteiger partial charge >= 0.3 is 6.18 Å². The number of hydrogen-bond donors (Lipinski definition) is 0. The van der Waals surface area contributed by atoms with Gasteiger partial charge in [0, 0.05) is 5.57 Å². The number of halogens is 3. The molecule has 0 aromatic carbocycles. The number of carbonyl (C=O) groups is 1. The first-order chi connectivity index (χ1) is 4.99. The SMILES string of the molecule is O=C1N=NC=C1CC(F)(F)F. The predicted octanol–water partition coefficient (Wildman–Crippen LogP) is 1.82. The van der Waals surface area contributed by atoms with Crippen molar-refractivity contribution in [2.75, 3.05) is 0 Å². The summed E-state index contributed by atoms with van der Waals surface area (Å²) < 4.78 is 34.8. The van der Waals surface area contributed by atoms with E-state index in [0.29, 0.717) is 0 Å². The number of carbonyl (C=O) groups excluding carboxylic acids is 1. The summed E-state index contributed by atoms with van der Waals surface area (Å²) in [4.78, 5) is 10.4. The smallest absolute Gasteiger partial charge is 0.265 e. The summed E-state index contributed by atoms with van der Waals surface area (Å²) in [7, 11) is 0. The van der Waals surface area contributed by atoms with E-state index in [2.05, 4.69) is 10.2 Å². The van der Waals surface area contributed by atoms with E-state index in [1.165, 1.54) is 0 Å². The molecule has 1 aliphatic rings. The fourth-order valence-corrected chi connectivity index (χ4v) is 0.608. The fraction of sp³-hybridized carbons (Fsp3) is 0.400. The Hall–Kier alpha value is -1.20. The van der Waals surface area contributed by atoms with Crippen molar-refractivity contribution in [3.63, 3.8) is 0 Å². The first-order valence-corrected chi connectivity index (χ1v) is 2.70. The Morgan fingerprint density at radius 3 is 2.45 bits per heavy atom. The van der Waals surface area contributed by atoms with Crippen molar-refractivity contribution >= 4 is 5.91 Å². The van der Waals surface area contributed by atoms with Crippen LogP contribution in [0.5, 0.6) is 0 Å². The third-order valence-electron chi connectivity index (χ3n) is 1.03. The molecule has 6 heteroatoms. The minimum Gasteiger partial charge on any atom is -0.265 e. The van der Waals surface area contributed by atoms with E-state index in [1.807, 2.05) is 0 Å². The molecule has 1 amide bonds. The molecule has 0 bridgehead atoms. The Morgan fingerprint density at radius 2 is 2.09 bits per heavy atom. The third-order valence-corrected chi connectivity index (χ3v) is 1.03. The van der Waals surface area contributed by atoms with Gasteiger partial charge in [-0.3, -0.25) is 4.79 Å². The second-order valence-electron chi connectivity index (χ2n) is 1.97. The van der Waals surface area contributed by atoms with E-state index in [4.69, 9.17) is 0 Å². The van der Waals surface area contributed by atoms with Crippen molar-refractivity contribution < 1.29 is 18.0 Å². The number of rotatable bonds is 1. The lowest BCUT2D eigenvalue weighted by atomic mass is 10.2. The highest BCUT2D eigenvalue weighted by molar-refractivity contribution is 5.95. The zero-order valence-electron chi connectivity index (χ0n) is 5.22. The molecule has 60 valence electrons. The van der Waals surface area contributed by atoms with Crippen LogP contribution in [-0.2, 0) is 4.79 Å². The van der Waals surface area contributed by atoms with E-state index in [1.54, 1.807) is 0 Å². The average molecular weight is 164 g/mol. The van der Waals surface area contributed by atoms with Gasteiger partial charge in [-0.1, -0.05) is 0 Å². The van der Waals surface area contributed by atoms with E-state index in [0.717, 1.165) is 6.20 Å². The van der Waals surface area contributed by atoms with Crippen LogP contribution in [0, 0.1) is 0 Å². The Balaban J connectivity index is 2.60. The summed E-state index contributed by atoms with van der Waals surface area (Å²) in [5.74, 6) is -0.901. The zero-order valence-corrected chi connectivity index (χ0v) is 5.22. The lowest BCUT2D eigenvalue weighted by Crippen LogP contribution is -2.11. The molecule has 0 atom stereocenters. The second-order valence-corrected chi connectivity index (χ2v) is 1.97. The first-order valence-electron chi connectivity index (χ1n) is 2.70. The molecule has 0 saturated carbocycles. The van der Waals surface area contributed by atoms with Crippen molar-refractivity contribution in [1.29, 1.82) is 0 Å². The molecule has 0 aromatic rings. The summed E-state index contributed by atoms with van der Waals surface area (Å²) in [5.41, 5.74) is -0.405. The molecule has 0 N–H and O–H groups in total. The van der Waals surface area contributed by atoms with Gasteiger partial charge in [0.25, 0.3) is 5.91 Å². The molecule has 11 heavy (non-hydrogen) atoms. The quantitative estimate of drug-likeness (QED) is 0.582. The Morgan fingerprint density at radius 1 is 1.45 bits per heavy atom. The largest absolute Gasteiger partial charge is 0.393 e. The van der Waals surface area contributed by atoms with Crippen LogP contribution < -0.4 is 0 Å². The molecule has 0 saturated heterocycles. The lowest BCUT2D eigenvalue weighted by Gasteiger charge is -2.03. The summed E-state index contributed by atoms with van der Waals surface area (Å²) >= 11 is 0. The molecular formula is C5H3F3N2O. The number of alkyl halides is 3. The highest BCUT2D eigenvalue weighted by atomic mass is 19.4. The molecule has 0 unspecified atom stereocenters. The molecule has 1 aliphatic heterocycles. The summed E-state index contributed by atoms with van der Waals surface area (Å²) in [6, 6.07) is 0. The first kappa shape index (κ1) is 7.90. The highest BCUT2D eigenvalue weighted by Crippen LogP contribution is 2.26. The maximum absolute atomic E-state index is 11.6. The van der Waals surface area contributed by atoms with Gasteiger partial charge in [0.15, 0.2) is 0 Å². The maximum Gasteiger partial charge on any atom is 0.393 e. The van der Waals surface area contributed by atoms with E-state index >= 15 is 0 Å². The Kier molecular flexibility index (Phi) is 1.76. The van der Waals surface area contributed by atoms with E-state index < -0.39 is 24.1 Å². The van der Waals surface area contributed by atoms with Crippen molar-refractivity contribution in [3.05, 3.63) is 11.8 Å². The van der Waals surface area contributed by atoms with Crippen LogP contribution in [0.3, 0.4) is 0 Å². The predicted molar refractivity (Wildman–Crippen MR) is 28.6 cm³/mol. The van der Waals surface area contributed by atoms with Crippen LogP contribution in [0.4, 0.5) is 13.2 Å². The van der Waals surface area contributed by atoms with Gasteiger partial charge in [-0.2, -0.15) is 18.3 Å². The van der Waals surface area contributed by atoms with Gasteiger partial charge in [0.2, 0.25) is 0 Å². The number of azo groups is 1. The zero-order chi connectivity index (χ0) is 8.48. The molecule has 3 nitrogen and oxygen atoms in total. The number of nitrogens with zero attached hydrogens (tertiary/aromatic N) is 2. The van der Waals surface area contributed by atoms with Gasteiger partial charge in [-0.05, 0) is 0 Å². The van der Waals surface area contributed by atoms with E-state index in [-0.39, 0.29) is 0 Å². The Labute approximate surface area is 59.6 Å². The molecule has 0 aliphatic carbocycles. The van der Waals surface area contributed by atoms with Crippen LogP contribution >= 0.6 is 0 Å².